The van der Waals surface area contributed by atoms with E-state index in [1.165, 1.54) is 18.3 Å². The molecular weight excluding hydrogens is 538 g/mol. The van der Waals surface area contributed by atoms with Gasteiger partial charge in [-0.2, -0.15) is 5.10 Å². The number of hydrogen-bond donors (Lipinski definition) is 1. The number of aryl methyl sites for hydroxylation is 2. The lowest BCUT2D eigenvalue weighted by Crippen LogP contribution is -2.39. The molecule has 0 aliphatic heterocycles. The SMILES string of the molecule is CCOc1cc(/C=N/NC(=O)CN(c2ccc(C)c(C)c2)S(=O)(=O)c2ccccc2)ccc1OCc1ccccc1. The van der Waals surface area contributed by atoms with E-state index in [9.17, 15) is 13.2 Å². The number of hydrogen-bond acceptors (Lipinski definition) is 6. The summed E-state index contributed by atoms with van der Waals surface area (Å²) < 4.78 is 39.8. The molecule has 1 amide bonds. The van der Waals surface area contributed by atoms with Crippen molar-refractivity contribution in [3.8, 4) is 11.5 Å². The van der Waals surface area contributed by atoms with Gasteiger partial charge in [0.05, 0.1) is 23.4 Å². The van der Waals surface area contributed by atoms with Crippen LogP contribution < -0.4 is 19.2 Å². The minimum Gasteiger partial charge on any atom is -0.490 e. The van der Waals surface area contributed by atoms with Gasteiger partial charge in [-0.3, -0.25) is 9.10 Å². The zero-order valence-electron chi connectivity index (χ0n) is 23.3. The van der Waals surface area contributed by atoms with Crippen molar-refractivity contribution in [3.05, 3.63) is 119 Å². The molecule has 0 heterocycles. The molecule has 0 atom stereocenters. The van der Waals surface area contributed by atoms with Crippen molar-refractivity contribution >= 4 is 27.8 Å². The smallest absolute Gasteiger partial charge is 0.264 e. The maximum atomic E-state index is 13.5. The van der Waals surface area contributed by atoms with E-state index in [1.54, 1.807) is 48.5 Å². The predicted octanol–water partition coefficient (Wildman–Crippen LogP) is 5.63. The molecule has 0 spiro atoms. The summed E-state index contributed by atoms with van der Waals surface area (Å²) in [6.45, 7) is 6.11. The molecule has 0 fully saturated rings. The summed E-state index contributed by atoms with van der Waals surface area (Å²) in [4.78, 5) is 13.0. The third-order valence-electron chi connectivity index (χ3n) is 6.30. The van der Waals surface area contributed by atoms with Crippen molar-refractivity contribution in [2.45, 2.75) is 32.3 Å². The predicted molar refractivity (Wildman–Crippen MR) is 161 cm³/mol. The third kappa shape index (κ3) is 7.73. The molecule has 0 aliphatic carbocycles. The maximum Gasteiger partial charge on any atom is 0.264 e. The fourth-order valence-corrected chi connectivity index (χ4v) is 5.42. The molecule has 0 aromatic heterocycles. The van der Waals surface area contributed by atoms with Crippen LogP contribution in [0.5, 0.6) is 11.5 Å². The van der Waals surface area contributed by atoms with Crippen LogP contribution in [0.25, 0.3) is 0 Å². The number of carbonyl (C=O) groups is 1. The second kappa shape index (κ2) is 13.6. The second-order valence-electron chi connectivity index (χ2n) is 9.30. The van der Waals surface area contributed by atoms with E-state index in [0.29, 0.717) is 36.0 Å². The quantitative estimate of drug-likeness (QED) is 0.176. The molecule has 1 N–H and O–H groups in total. The summed E-state index contributed by atoms with van der Waals surface area (Å²) in [5.41, 5.74) is 6.47. The van der Waals surface area contributed by atoms with Crippen molar-refractivity contribution < 1.29 is 22.7 Å². The molecule has 4 aromatic carbocycles. The topological polar surface area (TPSA) is 97.3 Å². The van der Waals surface area contributed by atoms with Crippen LogP contribution in [0.15, 0.2) is 107 Å². The number of sulfonamides is 1. The Labute approximate surface area is 241 Å². The maximum absolute atomic E-state index is 13.5. The van der Waals surface area contributed by atoms with Crippen molar-refractivity contribution in [2.24, 2.45) is 5.10 Å². The first kappa shape index (κ1) is 29.4. The van der Waals surface area contributed by atoms with Gasteiger partial charge in [0.15, 0.2) is 11.5 Å². The Kier molecular flexibility index (Phi) is 9.76. The minimum absolute atomic E-state index is 0.0903. The zero-order chi connectivity index (χ0) is 29.2. The van der Waals surface area contributed by atoms with Crippen LogP contribution in [-0.4, -0.2) is 33.7 Å². The molecular formula is C32H33N3O5S. The fraction of sp³-hybridized carbons (Fsp3) is 0.188. The lowest BCUT2D eigenvalue weighted by atomic mass is 10.1. The van der Waals surface area contributed by atoms with E-state index in [4.69, 9.17) is 9.47 Å². The van der Waals surface area contributed by atoms with Crippen LogP contribution >= 0.6 is 0 Å². The van der Waals surface area contributed by atoms with Gasteiger partial charge in [0.1, 0.15) is 13.2 Å². The van der Waals surface area contributed by atoms with Gasteiger partial charge in [-0.25, -0.2) is 13.8 Å². The van der Waals surface area contributed by atoms with Gasteiger partial charge in [0.2, 0.25) is 0 Å². The largest absolute Gasteiger partial charge is 0.490 e. The molecule has 0 bridgehead atoms. The number of ether oxygens (including phenoxy) is 2. The number of nitrogens with zero attached hydrogens (tertiary/aromatic N) is 2. The van der Waals surface area contributed by atoms with Gasteiger partial charge in [-0.15, -0.1) is 0 Å². The first-order valence-corrected chi connectivity index (χ1v) is 14.6. The molecule has 0 aliphatic rings. The van der Waals surface area contributed by atoms with Gasteiger partial charge in [0.25, 0.3) is 15.9 Å². The monoisotopic (exact) mass is 571 g/mol. The van der Waals surface area contributed by atoms with Gasteiger partial charge in [-0.1, -0.05) is 54.6 Å². The molecule has 212 valence electrons. The average Bonchev–Trinajstić information content (AvgIpc) is 2.98. The average molecular weight is 572 g/mol. The van der Waals surface area contributed by atoms with E-state index >= 15 is 0 Å². The number of rotatable bonds is 12. The van der Waals surface area contributed by atoms with Gasteiger partial charge < -0.3 is 9.47 Å². The van der Waals surface area contributed by atoms with E-state index in [2.05, 4.69) is 10.5 Å². The standard InChI is InChI=1S/C32H33N3O5S/c1-4-39-31-20-27(16-18-30(31)40-23-26-11-7-5-8-12-26)21-33-34-32(36)22-35(28-17-15-24(2)25(3)19-28)41(37,38)29-13-9-6-10-14-29/h5-21H,4,22-23H2,1-3H3,(H,34,36)/b33-21+. The van der Waals surface area contributed by atoms with Crippen LogP contribution in [0.2, 0.25) is 0 Å². The van der Waals surface area contributed by atoms with Gasteiger partial charge >= 0.3 is 0 Å². The fourth-order valence-electron chi connectivity index (χ4n) is 3.99. The second-order valence-corrected chi connectivity index (χ2v) is 11.2. The summed E-state index contributed by atoms with van der Waals surface area (Å²) in [5, 5.41) is 4.06. The van der Waals surface area contributed by atoms with E-state index in [-0.39, 0.29) is 4.90 Å². The summed E-state index contributed by atoms with van der Waals surface area (Å²) >= 11 is 0. The molecule has 0 radical (unpaired) electrons. The lowest BCUT2D eigenvalue weighted by molar-refractivity contribution is -0.119. The number of carbonyl (C=O) groups excluding carboxylic acids is 1. The summed E-state index contributed by atoms with van der Waals surface area (Å²) in [6, 6.07) is 28.5. The molecule has 41 heavy (non-hydrogen) atoms. The van der Waals surface area contributed by atoms with Gasteiger partial charge in [0, 0.05) is 0 Å². The number of benzene rings is 4. The number of amides is 1. The number of hydrazone groups is 1. The summed E-state index contributed by atoms with van der Waals surface area (Å²) in [6.07, 6.45) is 1.47. The zero-order valence-corrected chi connectivity index (χ0v) is 24.1. The Morgan fingerprint density at radius 1 is 0.854 bits per heavy atom. The Hall–Kier alpha value is -4.63. The highest BCUT2D eigenvalue weighted by molar-refractivity contribution is 7.92. The first-order valence-electron chi connectivity index (χ1n) is 13.2. The molecule has 4 rings (SSSR count). The van der Waals surface area contributed by atoms with Crippen LogP contribution in [0.1, 0.15) is 29.2 Å². The van der Waals surface area contributed by atoms with Crippen molar-refractivity contribution in [3.63, 3.8) is 0 Å². The number of anilines is 1. The highest BCUT2D eigenvalue weighted by Crippen LogP contribution is 2.29. The molecule has 0 saturated carbocycles. The van der Waals surface area contributed by atoms with E-state index in [1.807, 2.05) is 57.2 Å². The van der Waals surface area contributed by atoms with Crippen LogP contribution in [0.4, 0.5) is 5.69 Å². The Morgan fingerprint density at radius 3 is 2.24 bits per heavy atom. The molecule has 4 aromatic rings. The highest BCUT2D eigenvalue weighted by atomic mass is 32.2. The van der Waals surface area contributed by atoms with Crippen molar-refractivity contribution in [2.75, 3.05) is 17.5 Å². The van der Waals surface area contributed by atoms with Crippen molar-refractivity contribution in [1.29, 1.82) is 0 Å². The van der Waals surface area contributed by atoms with Gasteiger partial charge in [-0.05, 0) is 85.5 Å². The van der Waals surface area contributed by atoms with Crippen LogP contribution in [0, 0.1) is 13.8 Å². The Bertz CT molecular complexity index is 1610. The lowest BCUT2D eigenvalue weighted by Gasteiger charge is -2.24. The van der Waals surface area contributed by atoms with Crippen LogP contribution in [0.3, 0.4) is 0 Å². The molecule has 0 saturated heterocycles. The summed E-state index contributed by atoms with van der Waals surface area (Å²) in [7, 11) is -4.01. The van der Waals surface area contributed by atoms with Crippen LogP contribution in [-0.2, 0) is 21.4 Å². The molecule has 9 heteroatoms. The first-order chi connectivity index (χ1) is 19.8. The molecule has 8 nitrogen and oxygen atoms in total. The third-order valence-corrected chi connectivity index (χ3v) is 8.09. The minimum atomic E-state index is -4.01. The molecule has 0 unspecified atom stereocenters. The Balaban J connectivity index is 1.48. The van der Waals surface area contributed by atoms with E-state index in [0.717, 1.165) is 21.0 Å². The summed E-state index contributed by atoms with van der Waals surface area (Å²) in [5.74, 6) is 0.549. The highest BCUT2D eigenvalue weighted by Gasteiger charge is 2.27. The normalized spacial score (nSPS) is 11.3. The Morgan fingerprint density at radius 2 is 1.56 bits per heavy atom. The van der Waals surface area contributed by atoms with Crippen molar-refractivity contribution in [1.82, 2.24) is 5.43 Å². The van der Waals surface area contributed by atoms with E-state index < -0.39 is 22.5 Å². The number of nitrogens with one attached hydrogen (secondary N) is 1.